The van der Waals surface area contributed by atoms with Gasteiger partial charge in [0.2, 0.25) is 0 Å². The Hall–Kier alpha value is -3.60. The van der Waals surface area contributed by atoms with Gasteiger partial charge in [-0.2, -0.15) is 0 Å². The first-order chi connectivity index (χ1) is 15.5. The quantitative estimate of drug-likeness (QED) is 0.444. The number of sulfone groups is 1. The lowest BCUT2D eigenvalue weighted by molar-refractivity contribution is -0.274. The number of nitrogens with zero attached hydrogens (tertiary/aromatic N) is 1. The van der Waals surface area contributed by atoms with Crippen LogP contribution in [0.5, 0.6) is 5.75 Å². The summed E-state index contributed by atoms with van der Waals surface area (Å²) in [6.45, 7) is -0.638. The average Bonchev–Trinajstić information content (AvgIpc) is 3.10. The summed E-state index contributed by atoms with van der Waals surface area (Å²) in [5.74, 6) is -2.17. The molecule has 11 heteroatoms. The fraction of sp³-hybridized carbons (Fsp3) is 0.182. The highest BCUT2D eigenvalue weighted by molar-refractivity contribution is 7.94. The predicted octanol–water partition coefficient (Wildman–Crippen LogP) is 3.49. The Kier molecular flexibility index (Phi) is 7.22. The zero-order valence-electron chi connectivity index (χ0n) is 16.9. The zero-order chi connectivity index (χ0) is 24.1. The summed E-state index contributed by atoms with van der Waals surface area (Å²) in [6.07, 6.45) is -1.10. The Bertz CT molecular complexity index is 1160. The summed E-state index contributed by atoms with van der Waals surface area (Å²) in [4.78, 5) is 26.0. The van der Waals surface area contributed by atoms with Crippen molar-refractivity contribution in [2.75, 3.05) is 17.3 Å². The standard InChI is InChI=1S/C22H18F3NO6S/c23-22(24,25)32-19-9-6-16(7-10-19)8-11-21(28)31-14-20(27)26(17-4-2-1-3-5-17)18-12-13-33(29,30)15-18/h1-13,18H,14-15H2/b11-8+. The number of benzene rings is 2. The number of hydrogen-bond acceptors (Lipinski definition) is 6. The van der Waals surface area contributed by atoms with Crippen LogP contribution in [0.1, 0.15) is 5.56 Å². The smallest absolute Gasteiger partial charge is 0.452 e. The summed E-state index contributed by atoms with van der Waals surface area (Å²) in [7, 11) is -3.43. The van der Waals surface area contributed by atoms with Crippen molar-refractivity contribution in [1.29, 1.82) is 0 Å². The van der Waals surface area contributed by atoms with Crippen molar-refractivity contribution in [3.63, 3.8) is 0 Å². The molecule has 2 aromatic carbocycles. The Labute approximate surface area is 187 Å². The van der Waals surface area contributed by atoms with Crippen molar-refractivity contribution in [1.82, 2.24) is 0 Å². The summed E-state index contributed by atoms with van der Waals surface area (Å²) in [5.41, 5.74) is 0.849. The van der Waals surface area contributed by atoms with E-state index in [1.54, 1.807) is 30.3 Å². The molecule has 1 heterocycles. The second kappa shape index (κ2) is 9.90. The number of anilines is 1. The molecule has 174 valence electrons. The van der Waals surface area contributed by atoms with Gasteiger partial charge in [0.05, 0.1) is 11.8 Å². The molecular formula is C22H18F3NO6S. The third kappa shape index (κ3) is 7.21. The lowest BCUT2D eigenvalue weighted by Crippen LogP contribution is -2.43. The van der Waals surface area contributed by atoms with Crippen LogP contribution in [0.15, 0.2) is 72.2 Å². The normalized spacial score (nSPS) is 17.1. The molecule has 0 radical (unpaired) electrons. The van der Waals surface area contributed by atoms with Crippen LogP contribution in [0.3, 0.4) is 0 Å². The Morgan fingerprint density at radius 2 is 1.73 bits per heavy atom. The van der Waals surface area contributed by atoms with Crippen molar-refractivity contribution < 1.29 is 40.7 Å². The fourth-order valence-electron chi connectivity index (χ4n) is 3.02. The first kappa shape index (κ1) is 24.1. The van der Waals surface area contributed by atoms with Gasteiger partial charge < -0.3 is 14.4 Å². The summed E-state index contributed by atoms with van der Waals surface area (Å²) < 4.78 is 68.9. The molecule has 2 aromatic rings. The van der Waals surface area contributed by atoms with Crippen molar-refractivity contribution in [3.05, 3.63) is 77.7 Å². The maximum absolute atomic E-state index is 12.8. The first-order valence-electron chi connectivity index (χ1n) is 9.51. The monoisotopic (exact) mass is 481 g/mol. The van der Waals surface area contributed by atoms with E-state index in [-0.39, 0.29) is 5.75 Å². The number of carbonyl (C=O) groups is 2. The zero-order valence-corrected chi connectivity index (χ0v) is 17.8. The maximum Gasteiger partial charge on any atom is 0.573 e. The summed E-state index contributed by atoms with van der Waals surface area (Å²) in [5, 5.41) is 1.04. The van der Waals surface area contributed by atoms with Crippen LogP contribution >= 0.6 is 0 Å². The third-order valence-electron chi connectivity index (χ3n) is 4.41. The van der Waals surface area contributed by atoms with Crippen LogP contribution in [0, 0.1) is 0 Å². The summed E-state index contributed by atoms with van der Waals surface area (Å²) >= 11 is 0. The molecule has 0 aromatic heterocycles. The van der Waals surface area contributed by atoms with E-state index in [1.165, 1.54) is 29.2 Å². The first-order valence-corrected chi connectivity index (χ1v) is 11.2. The number of halogens is 3. The average molecular weight is 481 g/mol. The number of para-hydroxylation sites is 1. The van der Waals surface area contributed by atoms with Crippen LogP contribution < -0.4 is 9.64 Å². The third-order valence-corrected chi connectivity index (χ3v) is 5.79. The van der Waals surface area contributed by atoms with E-state index in [2.05, 4.69) is 4.74 Å². The van der Waals surface area contributed by atoms with Gasteiger partial charge in [0, 0.05) is 17.2 Å². The van der Waals surface area contributed by atoms with Gasteiger partial charge in [0.1, 0.15) is 5.75 Å². The number of alkyl halides is 3. The van der Waals surface area contributed by atoms with E-state index in [9.17, 15) is 31.2 Å². The number of amides is 1. The van der Waals surface area contributed by atoms with Crippen molar-refractivity contribution >= 4 is 33.5 Å². The van der Waals surface area contributed by atoms with Gasteiger partial charge in [-0.1, -0.05) is 30.3 Å². The molecular weight excluding hydrogens is 463 g/mol. The molecule has 33 heavy (non-hydrogen) atoms. The molecule has 0 saturated heterocycles. The van der Waals surface area contributed by atoms with E-state index in [4.69, 9.17) is 4.74 Å². The molecule has 1 unspecified atom stereocenters. The van der Waals surface area contributed by atoms with Gasteiger partial charge >= 0.3 is 12.3 Å². The number of carbonyl (C=O) groups excluding carboxylic acids is 2. The lowest BCUT2D eigenvalue weighted by Gasteiger charge is -2.27. The molecule has 1 aliphatic heterocycles. The largest absolute Gasteiger partial charge is 0.573 e. The van der Waals surface area contributed by atoms with Crippen LogP contribution in [-0.2, 0) is 24.2 Å². The SMILES string of the molecule is O=C(/C=C/c1ccc(OC(F)(F)F)cc1)OCC(=O)N(c1ccccc1)C1C=CS(=O)(=O)C1. The molecule has 0 saturated carbocycles. The van der Waals surface area contributed by atoms with Gasteiger partial charge in [0.25, 0.3) is 5.91 Å². The van der Waals surface area contributed by atoms with E-state index >= 15 is 0 Å². The fourth-order valence-corrected chi connectivity index (χ4v) is 4.29. The van der Waals surface area contributed by atoms with Crippen molar-refractivity contribution in [3.8, 4) is 5.75 Å². The summed E-state index contributed by atoms with van der Waals surface area (Å²) in [6, 6.07) is 12.4. The Balaban J connectivity index is 1.61. The van der Waals surface area contributed by atoms with Crippen LogP contribution in [-0.4, -0.2) is 45.1 Å². The molecule has 0 bridgehead atoms. The van der Waals surface area contributed by atoms with E-state index in [0.29, 0.717) is 11.3 Å². The minimum atomic E-state index is -4.81. The minimum absolute atomic E-state index is 0.282. The molecule has 0 fully saturated rings. The highest BCUT2D eigenvalue weighted by Crippen LogP contribution is 2.24. The van der Waals surface area contributed by atoms with E-state index < -0.39 is 46.5 Å². The number of esters is 1. The molecule has 1 amide bonds. The topological polar surface area (TPSA) is 90.0 Å². The maximum atomic E-state index is 12.8. The Morgan fingerprint density at radius 1 is 1.06 bits per heavy atom. The number of rotatable bonds is 7. The minimum Gasteiger partial charge on any atom is -0.452 e. The lowest BCUT2D eigenvalue weighted by atomic mass is 10.2. The van der Waals surface area contributed by atoms with E-state index in [1.807, 2.05) is 0 Å². The molecule has 7 nitrogen and oxygen atoms in total. The van der Waals surface area contributed by atoms with Gasteiger partial charge in [-0.15, -0.1) is 13.2 Å². The molecule has 1 aliphatic rings. The van der Waals surface area contributed by atoms with Gasteiger partial charge in [-0.05, 0) is 42.0 Å². The van der Waals surface area contributed by atoms with Crippen molar-refractivity contribution in [2.45, 2.75) is 12.4 Å². The van der Waals surface area contributed by atoms with Gasteiger partial charge in [0.15, 0.2) is 16.4 Å². The molecule has 0 aliphatic carbocycles. The molecule has 0 spiro atoms. The predicted molar refractivity (Wildman–Crippen MR) is 114 cm³/mol. The van der Waals surface area contributed by atoms with Gasteiger partial charge in [-0.25, -0.2) is 13.2 Å². The molecule has 3 rings (SSSR count). The van der Waals surface area contributed by atoms with Crippen molar-refractivity contribution in [2.24, 2.45) is 0 Å². The molecule has 1 atom stereocenters. The van der Waals surface area contributed by atoms with Crippen LogP contribution in [0.4, 0.5) is 18.9 Å². The second-order valence-electron chi connectivity index (χ2n) is 6.88. The second-order valence-corrected chi connectivity index (χ2v) is 8.81. The number of hydrogen-bond donors (Lipinski definition) is 0. The highest BCUT2D eigenvalue weighted by atomic mass is 32.2. The molecule has 0 N–H and O–H groups in total. The van der Waals surface area contributed by atoms with Gasteiger partial charge in [-0.3, -0.25) is 4.79 Å². The highest BCUT2D eigenvalue weighted by Gasteiger charge is 2.32. The van der Waals surface area contributed by atoms with Crippen LogP contribution in [0.2, 0.25) is 0 Å². The Morgan fingerprint density at radius 3 is 2.30 bits per heavy atom. The van der Waals surface area contributed by atoms with Crippen LogP contribution in [0.25, 0.3) is 6.08 Å². The number of ether oxygens (including phenoxy) is 2. The van der Waals surface area contributed by atoms with E-state index in [0.717, 1.165) is 23.6 Å².